The highest BCUT2D eigenvalue weighted by atomic mass is 35.5. The number of halogens is 6. The number of hydrogen-bond donors (Lipinski definition) is 1. The lowest BCUT2D eigenvalue weighted by molar-refractivity contribution is 0.144. The number of nitrogens with zero attached hydrogens (tertiary/aromatic N) is 1. The molecule has 1 saturated heterocycles. The zero-order chi connectivity index (χ0) is 13.1. The maximum Gasteiger partial charge on any atom is 0.161 e. The van der Waals surface area contributed by atoms with E-state index >= 15 is 0 Å². The molecule has 8 heteroatoms. The standard InChI is InChI=1S/C12H14F4N2.2ClH/c13-7-12(18-3-1-17-2-4-18)8-5-10(15)11(16)6-9(8)14;;/h5-6,12,17H,1-4,7H2;2*1H/t12-;;/m0../s1. The van der Waals surface area contributed by atoms with Gasteiger partial charge in [-0.05, 0) is 6.07 Å². The quantitative estimate of drug-likeness (QED) is 0.675. The van der Waals surface area contributed by atoms with E-state index in [0.717, 1.165) is 6.07 Å². The first-order valence-electron chi connectivity index (χ1n) is 5.78. The van der Waals surface area contributed by atoms with Gasteiger partial charge in [-0.1, -0.05) is 0 Å². The lowest BCUT2D eigenvalue weighted by Gasteiger charge is -2.33. The monoisotopic (exact) mass is 334 g/mol. The van der Waals surface area contributed by atoms with Gasteiger partial charge in [0.2, 0.25) is 0 Å². The maximum absolute atomic E-state index is 13.6. The Bertz CT molecular complexity index is 428. The van der Waals surface area contributed by atoms with Crippen LogP contribution in [0.1, 0.15) is 11.6 Å². The van der Waals surface area contributed by atoms with E-state index < -0.39 is 30.2 Å². The Labute approximate surface area is 127 Å². The first-order chi connectivity index (χ1) is 8.63. The van der Waals surface area contributed by atoms with E-state index in [-0.39, 0.29) is 30.4 Å². The molecule has 0 unspecified atom stereocenters. The molecular weight excluding hydrogens is 319 g/mol. The smallest absolute Gasteiger partial charge is 0.161 e. The van der Waals surface area contributed by atoms with Gasteiger partial charge in [-0.25, -0.2) is 17.6 Å². The van der Waals surface area contributed by atoms with Gasteiger partial charge < -0.3 is 5.32 Å². The van der Waals surface area contributed by atoms with Crippen LogP contribution in [0.2, 0.25) is 0 Å². The molecule has 1 aromatic rings. The summed E-state index contributed by atoms with van der Waals surface area (Å²) >= 11 is 0. The van der Waals surface area contributed by atoms with Gasteiger partial charge in [0.15, 0.2) is 11.6 Å². The molecule has 1 atom stereocenters. The van der Waals surface area contributed by atoms with Gasteiger partial charge in [0.1, 0.15) is 12.5 Å². The van der Waals surface area contributed by atoms with Gasteiger partial charge in [0, 0.05) is 37.8 Å². The van der Waals surface area contributed by atoms with Crippen molar-refractivity contribution in [3.05, 3.63) is 35.1 Å². The molecule has 0 saturated carbocycles. The van der Waals surface area contributed by atoms with Crippen molar-refractivity contribution in [2.45, 2.75) is 6.04 Å². The topological polar surface area (TPSA) is 15.3 Å². The Morgan fingerprint density at radius 2 is 1.55 bits per heavy atom. The molecule has 1 aromatic carbocycles. The van der Waals surface area contributed by atoms with Crippen LogP contribution < -0.4 is 5.32 Å². The summed E-state index contributed by atoms with van der Waals surface area (Å²) in [5.41, 5.74) is -0.127. The molecule has 0 amide bonds. The second kappa shape index (κ2) is 8.67. The van der Waals surface area contributed by atoms with Crippen molar-refractivity contribution in [1.29, 1.82) is 0 Å². The minimum Gasteiger partial charge on any atom is -0.314 e. The van der Waals surface area contributed by atoms with E-state index in [2.05, 4.69) is 5.32 Å². The zero-order valence-corrected chi connectivity index (χ0v) is 12.2. The molecule has 116 valence electrons. The van der Waals surface area contributed by atoms with E-state index in [1.807, 2.05) is 0 Å². The molecule has 0 radical (unpaired) electrons. The molecular formula is C12H16Cl2F4N2. The van der Waals surface area contributed by atoms with Crippen molar-refractivity contribution >= 4 is 24.8 Å². The molecule has 1 heterocycles. The van der Waals surface area contributed by atoms with E-state index in [1.54, 1.807) is 4.90 Å². The first kappa shape index (κ1) is 19.4. The van der Waals surface area contributed by atoms with Crippen LogP contribution >= 0.6 is 24.8 Å². The Balaban J connectivity index is 0.00000180. The zero-order valence-electron chi connectivity index (χ0n) is 10.5. The van der Waals surface area contributed by atoms with E-state index in [0.29, 0.717) is 32.2 Å². The van der Waals surface area contributed by atoms with Crippen LogP contribution in [0.25, 0.3) is 0 Å². The first-order valence-corrected chi connectivity index (χ1v) is 5.78. The van der Waals surface area contributed by atoms with Crippen LogP contribution in [-0.4, -0.2) is 37.8 Å². The van der Waals surface area contributed by atoms with Crippen LogP contribution in [0.3, 0.4) is 0 Å². The van der Waals surface area contributed by atoms with Gasteiger partial charge >= 0.3 is 0 Å². The van der Waals surface area contributed by atoms with E-state index in [4.69, 9.17) is 0 Å². The Hall–Kier alpha value is -0.560. The van der Waals surface area contributed by atoms with Crippen molar-refractivity contribution in [2.24, 2.45) is 0 Å². The Kier molecular flexibility index (Phi) is 8.42. The predicted octanol–water partition coefficient (Wildman–Crippen LogP) is 2.86. The normalized spacial score (nSPS) is 17.0. The summed E-state index contributed by atoms with van der Waals surface area (Å²) in [6.45, 7) is 1.60. The fourth-order valence-electron chi connectivity index (χ4n) is 2.16. The average molecular weight is 335 g/mol. The largest absolute Gasteiger partial charge is 0.314 e. The Morgan fingerprint density at radius 1 is 1.00 bits per heavy atom. The second-order valence-corrected chi connectivity index (χ2v) is 4.24. The highest BCUT2D eigenvalue weighted by Gasteiger charge is 2.26. The van der Waals surface area contributed by atoms with Crippen molar-refractivity contribution in [3.8, 4) is 0 Å². The van der Waals surface area contributed by atoms with Crippen LogP contribution in [0, 0.1) is 17.5 Å². The molecule has 1 aliphatic rings. The molecule has 0 aromatic heterocycles. The van der Waals surface area contributed by atoms with Crippen molar-refractivity contribution in [3.63, 3.8) is 0 Å². The minimum atomic E-state index is -1.26. The second-order valence-electron chi connectivity index (χ2n) is 4.24. The SMILES string of the molecule is Cl.Cl.FC[C@@H](c1cc(F)c(F)cc1F)N1CCNCC1. The average Bonchev–Trinajstić information content (AvgIpc) is 2.38. The fraction of sp³-hybridized carbons (Fsp3) is 0.500. The number of rotatable bonds is 3. The van der Waals surface area contributed by atoms with Gasteiger partial charge in [-0.15, -0.1) is 24.8 Å². The third-order valence-corrected chi connectivity index (χ3v) is 3.14. The summed E-state index contributed by atoms with van der Waals surface area (Å²) in [7, 11) is 0. The van der Waals surface area contributed by atoms with Crippen LogP contribution in [-0.2, 0) is 0 Å². The maximum atomic E-state index is 13.6. The van der Waals surface area contributed by atoms with Gasteiger partial charge in [-0.2, -0.15) is 0 Å². The van der Waals surface area contributed by atoms with Gasteiger partial charge in [-0.3, -0.25) is 4.90 Å². The number of nitrogens with one attached hydrogen (secondary N) is 1. The number of piperazine rings is 1. The summed E-state index contributed by atoms with van der Waals surface area (Å²) in [6, 6.07) is 0.356. The summed E-state index contributed by atoms with van der Waals surface area (Å²) in [5.74, 6) is -3.32. The third-order valence-electron chi connectivity index (χ3n) is 3.14. The van der Waals surface area contributed by atoms with Crippen LogP contribution in [0.5, 0.6) is 0 Å². The number of hydrogen-bond acceptors (Lipinski definition) is 2. The predicted molar refractivity (Wildman–Crippen MR) is 74.0 cm³/mol. The molecule has 2 nitrogen and oxygen atoms in total. The van der Waals surface area contributed by atoms with Crippen LogP contribution in [0.4, 0.5) is 17.6 Å². The van der Waals surface area contributed by atoms with E-state index in [9.17, 15) is 17.6 Å². The van der Waals surface area contributed by atoms with Crippen molar-refractivity contribution in [2.75, 3.05) is 32.9 Å². The van der Waals surface area contributed by atoms with Crippen molar-refractivity contribution in [1.82, 2.24) is 10.2 Å². The molecule has 0 aliphatic carbocycles. The molecule has 1 aliphatic heterocycles. The molecule has 1 fully saturated rings. The molecule has 0 bridgehead atoms. The lowest BCUT2D eigenvalue weighted by atomic mass is 10.0. The number of alkyl halides is 1. The highest BCUT2D eigenvalue weighted by molar-refractivity contribution is 5.85. The van der Waals surface area contributed by atoms with Crippen molar-refractivity contribution < 1.29 is 17.6 Å². The number of benzene rings is 1. The summed E-state index contributed by atoms with van der Waals surface area (Å²) < 4.78 is 52.7. The summed E-state index contributed by atoms with van der Waals surface area (Å²) in [5, 5.41) is 3.09. The highest BCUT2D eigenvalue weighted by Crippen LogP contribution is 2.26. The lowest BCUT2D eigenvalue weighted by Crippen LogP contribution is -2.45. The molecule has 20 heavy (non-hydrogen) atoms. The Morgan fingerprint density at radius 3 is 2.10 bits per heavy atom. The summed E-state index contributed by atoms with van der Waals surface area (Å²) in [4.78, 5) is 1.73. The fourth-order valence-corrected chi connectivity index (χ4v) is 2.16. The molecule has 1 N–H and O–H groups in total. The minimum absolute atomic E-state index is 0. The molecule has 2 rings (SSSR count). The van der Waals surface area contributed by atoms with Gasteiger partial charge in [0.05, 0.1) is 6.04 Å². The third kappa shape index (κ3) is 4.22. The molecule has 0 spiro atoms. The summed E-state index contributed by atoms with van der Waals surface area (Å²) in [6.07, 6.45) is 0. The van der Waals surface area contributed by atoms with E-state index in [1.165, 1.54) is 0 Å². The van der Waals surface area contributed by atoms with Gasteiger partial charge in [0.25, 0.3) is 0 Å². The van der Waals surface area contributed by atoms with Crippen LogP contribution in [0.15, 0.2) is 12.1 Å².